The van der Waals surface area contributed by atoms with E-state index in [9.17, 15) is 18.0 Å². The van der Waals surface area contributed by atoms with Gasteiger partial charge in [0, 0.05) is 12.6 Å². The fourth-order valence-electron chi connectivity index (χ4n) is 2.67. The molecule has 1 amide bonds. The molecular weight excluding hydrogens is 331 g/mol. The molecule has 0 bridgehead atoms. The van der Waals surface area contributed by atoms with Gasteiger partial charge in [-0.15, -0.1) is 0 Å². The van der Waals surface area contributed by atoms with Gasteiger partial charge in [0.2, 0.25) is 0 Å². The number of nitrogens with zero attached hydrogens (tertiary/aromatic N) is 2. The van der Waals surface area contributed by atoms with E-state index in [1.807, 2.05) is 0 Å². The maximum Gasteiger partial charge on any atom is 0.417 e. The van der Waals surface area contributed by atoms with Gasteiger partial charge in [0.15, 0.2) is 0 Å². The third-order valence-electron chi connectivity index (χ3n) is 3.83. The van der Waals surface area contributed by atoms with Crippen molar-refractivity contribution in [2.45, 2.75) is 6.18 Å². The van der Waals surface area contributed by atoms with Gasteiger partial charge in [0.25, 0.3) is 5.91 Å². The van der Waals surface area contributed by atoms with E-state index < -0.39 is 17.6 Å². The van der Waals surface area contributed by atoms with E-state index in [2.05, 4.69) is 5.10 Å². The molecule has 1 aromatic heterocycles. The van der Waals surface area contributed by atoms with Crippen LogP contribution in [-0.2, 0) is 13.2 Å². The Morgan fingerprint density at radius 3 is 2.36 bits per heavy atom. The zero-order chi connectivity index (χ0) is 18.2. The summed E-state index contributed by atoms with van der Waals surface area (Å²) in [5.74, 6) is -0.625. The summed E-state index contributed by atoms with van der Waals surface area (Å²) in [6.07, 6.45) is -4.45. The highest BCUT2D eigenvalue weighted by atomic mass is 19.4. The topological polar surface area (TPSA) is 60.9 Å². The molecule has 25 heavy (non-hydrogen) atoms. The molecule has 0 saturated carbocycles. The maximum absolute atomic E-state index is 13.2. The van der Waals surface area contributed by atoms with Crippen molar-refractivity contribution >= 4 is 5.91 Å². The number of aromatic nitrogens is 2. The van der Waals surface area contributed by atoms with Crippen LogP contribution in [0.2, 0.25) is 0 Å². The Morgan fingerprint density at radius 1 is 1.04 bits per heavy atom. The summed E-state index contributed by atoms with van der Waals surface area (Å²) in [4.78, 5) is 11.3. The molecule has 0 aliphatic carbocycles. The van der Waals surface area contributed by atoms with Gasteiger partial charge >= 0.3 is 6.18 Å². The predicted molar refractivity (Wildman–Crippen MR) is 87.6 cm³/mol. The van der Waals surface area contributed by atoms with E-state index in [0.29, 0.717) is 16.8 Å². The highest BCUT2D eigenvalue weighted by Crippen LogP contribution is 2.37. The number of alkyl halides is 3. The van der Waals surface area contributed by atoms with E-state index >= 15 is 0 Å². The number of carbonyl (C=O) groups excluding carboxylic acids is 1. The van der Waals surface area contributed by atoms with Crippen LogP contribution in [0.4, 0.5) is 13.2 Å². The SMILES string of the molecule is Cn1nc(-c2cccc(-c3ccccc3C(F)(F)F)c2)cc1C(N)=O. The Morgan fingerprint density at radius 2 is 1.72 bits per heavy atom. The summed E-state index contributed by atoms with van der Waals surface area (Å²) in [7, 11) is 1.58. The summed E-state index contributed by atoms with van der Waals surface area (Å²) in [6, 6.07) is 13.5. The van der Waals surface area contributed by atoms with Crippen LogP contribution < -0.4 is 5.73 Å². The minimum absolute atomic E-state index is 0.0860. The highest BCUT2D eigenvalue weighted by molar-refractivity contribution is 5.92. The average Bonchev–Trinajstić information content (AvgIpc) is 2.96. The molecule has 0 spiro atoms. The van der Waals surface area contributed by atoms with Gasteiger partial charge in [-0.3, -0.25) is 9.48 Å². The third-order valence-corrected chi connectivity index (χ3v) is 3.83. The van der Waals surface area contributed by atoms with Gasteiger partial charge < -0.3 is 5.73 Å². The average molecular weight is 345 g/mol. The Balaban J connectivity index is 2.10. The van der Waals surface area contributed by atoms with Crippen LogP contribution in [0.15, 0.2) is 54.6 Å². The largest absolute Gasteiger partial charge is 0.417 e. The van der Waals surface area contributed by atoms with Crippen molar-refractivity contribution < 1.29 is 18.0 Å². The first-order chi connectivity index (χ1) is 11.8. The zero-order valence-corrected chi connectivity index (χ0v) is 13.2. The molecule has 1 heterocycles. The first-order valence-electron chi connectivity index (χ1n) is 7.38. The number of nitrogens with two attached hydrogens (primary N) is 1. The Labute approximate surface area is 141 Å². The van der Waals surface area contributed by atoms with Gasteiger partial charge in [-0.05, 0) is 29.3 Å². The summed E-state index contributed by atoms with van der Waals surface area (Å²) >= 11 is 0. The Kier molecular flexibility index (Phi) is 4.08. The molecule has 0 aliphatic heterocycles. The number of benzene rings is 2. The van der Waals surface area contributed by atoms with Crippen molar-refractivity contribution in [3.05, 3.63) is 65.9 Å². The number of hydrogen-bond donors (Lipinski definition) is 1. The van der Waals surface area contributed by atoms with Gasteiger partial charge in [0.1, 0.15) is 5.69 Å². The molecule has 0 fully saturated rings. The molecule has 7 heteroatoms. The normalized spacial score (nSPS) is 11.5. The summed E-state index contributed by atoms with van der Waals surface area (Å²) in [5.41, 5.74) is 6.34. The maximum atomic E-state index is 13.2. The van der Waals surface area contributed by atoms with Crippen LogP contribution in [0.1, 0.15) is 16.1 Å². The van der Waals surface area contributed by atoms with Gasteiger partial charge in [-0.2, -0.15) is 18.3 Å². The van der Waals surface area contributed by atoms with Crippen LogP contribution in [0.25, 0.3) is 22.4 Å². The minimum Gasteiger partial charge on any atom is -0.364 e. The van der Waals surface area contributed by atoms with Crippen LogP contribution >= 0.6 is 0 Å². The zero-order valence-electron chi connectivity index (χ0n) is 13.2. The second-order valence-electron chi connectivity index (χ2n) is 5.53. The van der Waals surface area contributed by atoms with Gasteiger partial charge in [-0.1, -0.05) is 36.4 Å². The van der Waals surface area contributed by atoms with Crippen LogP contribution in [0.3, 0.4) is 0 Å². The van der Waals surface area contributed by atoms with Gasteiger partial charge in [0.05, 0.1) is 11.3 Å². The molecule has 0 aliphatic rings. The number of carbonyl (C=O) groups is 1. The fraction of sp³-hybridized carbons (Fsp3) is 0.111. The van der Waals surface area contributed by atoms with Crippen LogP contribution in [0.5, 0.6) is 0 Å². The Bertz CT molecular complexity index is 945. The van der Waals surface area contributed by atoms with E-state index in [1.165, 1.54) is 22.9 Å². The van der Waals surface area contributed by atoms with Crippen LogP contribution in [-0.4, -0.2) is 15.7 Å². The first-order valence-corrected chi connectivity index (χ1v) is 7.38. The molecule has 0 radical (unpaired) electrons. The third kappa shape index (κ3) is 3.26. The summed E-state index contributed by atoms with van der Waals surface area (Å²) < 4.78 is 41.0. The van der Waals surface area contributed by atoms with Crippen molar-refractivity contribution in [3.8, 4) is 22.4 Å². The molecule has 3 rings (SSSR count). The lowest BCUT2D eigenvalue weighted by atomic mass is 9.97. The van der Waals surface area contributed by atoms with E-state index in [1.54, 1.807) is 37.4 Å². The summed E-state index contributed by atoms with van der Waals surface area (Å²) in [5, 5.41) is 4.20. The van der Waals surface area contributed by atoms with E-state index in [4.69, 9.17) is 5.73 Å². The molecule has 0 saturated heterocycles. The lowest BCUT2D eigenvalue weighted by Crippen LogP contribution is -2.15. The van der Waals surface area contributed by atoms with Crippen molar-refractivity contribution in [1.82, 2.24) is 9.78 Å². The Hall–Kier alpha value is -3.09. The van der Waals surface area contributed by atoms with Crippen LogP contribution in [0, 0.1) is 0 Å². The molecule has 0 atom stereocenters. The molecular formula is C18H14F3N3O. The number of rotatable bonds is 3. The lowest BCUT2D eigenvalue weighted by Gasteiger charge is -2.13. The van der Waals surface area contributed by atoms with Crippen molar-refractivity contribution in [2.75, 3.05) is 0 Å². The number of halogens is 3. The lowest BCUT2D eigenvalue weighted by molar-refractivity contribution is -0.137. The molecule has 0 unspecified atom stereocenters. The highest BCUT2D eigenvalue weighted by Gasteiger charge is 2.33. The predicted octanol–water partition coefficient (Wildman–Crippen LogP) is 3.87. The molecule has 4 nitrogen and oxygen atoms in total. The molecule has 3 aromatic rings. The number of primary amides is 1. The van der Waals surface area contributed by atoms with Crippen molar-refractivity contribution in [3.63, 3.8) is 0 Å². The van der Waals surface area contributed by atoms with Gasteiger partial charge in [-0.25, -0.2) is 0 Å². The monoisotopic (exact) mass is 345 g/mol. The second-order valence-corrected chi connectivity index (χ2v) is 5.53. The van der Waals surface area contributed by atoms with E-state index in [-0.39, 0.29) is 11.3 Å². The number of amides is 1. The van der Waals surface area contributed by atoms with Crippen molar-refractivity contribution in [1.29, 1.82) is 0 Å². The summed E-state index contributed by atoms with van der Waals surface area (Å²) in [6.45, 7) is 0. The number of aryl methyl sites for hydroxylation is 1. The first kappa shape index (κ1) is 16.8. The van der Waals surface area contributed by atoms with E-state index in [0.717, 1.165) is 6.07 Å². The molecule has 128 valence electrons. The second kappa shape index (κ2) is 6.08. The molecule has 2 aromatic carbocycles. The quantitative estimate of drug-likeness (QED) is 0.783. The standard InChI is InChI=1S/C18H14F3N3O/c1-24-16(17(22)25)10-15(23-24)12-6-4-5-11(9-12)13-7-2-3-8-14(13)18(19,20)21/h2-10H,1H3,(H2,22,25). The number of hydrogen-bond acceptors (Lipinski definition) is 2. The smallest absolute Gasteiger partial charge is 0.364 e. The minimum atomic E-state index is -4.45. The van der Waals surface area contributed by atoms with Crippen molar-refractivity contribution in [2.24, 2.45) is 12.8 Å². The fourth-order valence-corrected chi connectivity index (χ4v) is 2.67. The molecule has 2 N–H and O–H groups in total.